The van der Waals surface area contributed by atoms with Gasteiger partial charge in [-0.15, -0.1) is 0 Å². The maximum absolute atomic E-state index is 12.7. The topological polar surface area (TPSA) is 91.2 Å². The van der Waals surface area contributed by atoms with Crippen molar-refractivity contribution in [3.63, 3.8) is 0 Å². The molecule has 0 bridgehead atoms. The summed E-state index contributed by atoms with van der Waals surface area (Å²) in [6, 6.07) is 20.1. The molecule has 3 aromatic carbocycles. The number of aryl methyl sites for hydroxylation is 1. The zero-order valence-corrected chi connectivity index (χ0v) is 21.7. The lowest BCUT2D eigenvalue weighted by atomic mass is 10.1. The third kappa shape index (κ3) is 6.56. The van der Waals surface area contributed by atoms with Crippen molar-refractivity contribution < 1.29 is 14.3 Å². The van der Waals surface area contributed by atoms with Gasteiger partial charge in [0.1, 0.15) is 17.4 Å². The first-order chi connectivity index (χ1) is 16.3. The van der Waals surface area contributed by atoms with Crippen LogP contribution in [0.15, 0.2) is 75.2 Å². The van der Waals surface area contributed by atoms with E-state index in [1.807, 2.05) is 50.2 Å². The molecule has 0 spiro atoms. The van der Waals surface area contributed by atoms with E-state index >= 15 is 0 Å². The molecule has 0 saturated heterocycles. The number of nitrogens with zero attached hydrogens (tertiary/aromatic N) is 1. The average molecular weight is 583 g/mol. The molecule has 2 amide bonds. The summed E-state index contributed by atoms with van der Waals surface area (Å²) in [5.41, 5.74) is 3.88. The number of carbonyl (C=O) groups excluding carboxylic acids is 2. The Kier molecular flexibility index (Phi) is 8.63. The SMILES string of the molecule is Cc1cccc(NC(=O)/C(C#N)=C\c2cc(Br)c(OCC(=O)Nc3ccccc3)c(Br)c2)c1C. The Morgan fingerprint density at radius 2 is 1.68 bits per heavy atom. The normalized spacial score (nSPS) is 10.9. The number of carbonyl (C=O) groups is 2. The fourth-order valence-electron chi connectivity index (χ4n) is 3.05. The van der Waals surface area contributed by atoms with Gasteiger partial charge in [-0.05, 0) is 98.8 Å². The van der Waals surface area contributed by atoms with Crippen molar-refractivity contribution in [2.75, 3.05) is 17.2 Å². The number of anilines is 2. The van der Waals surface area contributed by atoms with E-state index in [1.54, 1.807) is 30.3 Å². The van der Waals surface area contributed by atoms with Gasteiger partial charge in [0, 0.05) is 11.4 Å². The molecule has 0 aliphatic carbocycles. The molecule has 0 aliphatic heterocycles. The number of benzene rings is 3. The highest BCUT2D eigenvalue weighted by Crippen LogP contribution is 2.35. The molecule has 0 atom stereocenters. The molecule has 172 valence electrons. The van der Waals surface area contributed by atoms with Crippen LogP contribution in [0.3, 0.4) is 0 Å². The Balaban J connectivity index is 1.72. The second-order valence-corrected chi connectivity index (χ2v) is 9.10. The number of hydrogen-bond donors (Lipinski definition) is 2. The van der Waals surface area contributed by atoms with E-state index in [2.05, 4.69) is 42.5 Å². The predicted octanol–water partition coefficient (Wildman–Crippen LogP) is 6.39. The van der Waals surface area contributed by atoms with Crippen molar-refractivity contribution in [2.24, 2.45) is 0 Å². The molecule has 0 fully saturated rings. The smallest absolute Gasteiger partial charge is 0.266 e. The van der Waals surface area contributed by atoms with Gasteiger partial charge in [0.25, 0.3) is 11.8 Å². The van der Waals surface area contributed by atoms with Crippen molar-refractivity contribution >= 4 is 61.1 Å². The zero-order valence-electron chi connectivity index (χ0n) is 18.5. The Hall–Kier alpha value is -3.41. The van der Waals surface area contributed by atoms with Gasteiger partial charge in [0.05, 0.1) is 8.95 Å². The number of nitriles is 1. The Morgan fingerprint density at radius 1 is 1.00 bits per heavy atom. The summed E-state index contributed by atoms with van der Waals surface area (Å²) in [5, 5.41) is 15.1. The Labute approximate surface area is 214 Å². The second kappa shape index (κ2) is 11.6. The van der Waals surface area contributed by atoms with Crippen LogP contribution in [0, 0.1) is 25.2 Å². The van der Waals surface area contributed by atoms with Crippen LogP contribution in [0.2, 0.25) is 0 Å². The van der Waals surface area contributed by atoms with E-state index in [0.29, 0.717) is 31.6 Å². The highest BCUT2D eigenvalue weighted by Gasteiger charge is 2.14. The molecule has 0 aliphatic rings. The lowest BCUT2D eigenvalue weighted by Crippen LogP contribution is -2.20. The molecule has 2 N–H and O–H groups in total. The summed E-state index contributed by atoms with van der Waals surface area (Å²) >= 11 is 6.87. The van der Waals surface area contributed by atoms with Gasteiger partial charge >= 0.3 is 0 Å². The first kappa shape index (κ1) is 25.2. The number of nitrogens with one attached hydrogen (secondary N) is 2. The minimum absolute atomic E-state index is 0.0457. The molecular weight excluding hydrogens is 562 g/mol. The van der Waals surface area contributed by atoms with Gasteiger partial charge in [-0.1, -0.05) is 30.3 Å². The molecule has 0 radical (unpaired) electrons. The lowest BCUT2D eigenvalue weighted by molar-refractivity contribution is -0.118. The van der Waals surface area contributed by atoms with Crippen molar-refractivity contribution in [1.29, 1.82) is 5.26 Å². The standard InChI is InChI=1S/C26H21Br2N3O3/c1-16-7-6-10-23(17(16)2)31-26(33)19(14-29)11-18-12-21(27)25(22(28)13-18)34-15-24(32)30-20-8-4-3-5-9-20/h3-13H,15H2,1-2H3,(H,30,32)(H,31,33)/b19-11-. The number of hydrogen-bond acceptors (Lipinski definition) is 4. The van der Waals surface area contributed by atoms with Gasteiger partial charge in [0.2, 0.25) is 0 Å². The lowest BCUT2D eigenvalue weighted by Gasteiger charge is -2.12. The van der Waals surface area contributed by atoms with Crippen molar-refractivity contribution in [2.45, 2.75) is 13.8 Å². The van der Waals surface area contributed by atoms with E-state index in [-0.39, 0.29) is 18.1 Å². The van der Waals surface area contributed by atoms with Crippen LogP contribution < -0.4 is 15.4 Å². The van der Waals surface area contributed by atoms with Crippen molar-refractivity contribution in [3.8, 4) is 11.8 Å². The number of amides is 2. The van der Waals surface area contributed by atoms with Crippen molar-refractivity contribution in [1.82, 2.24) is 0 Å². The first-order valence-corrected chi connectivity index (χ1v) is 11.8. The van der Waals surface area contributed by atoms with E-state index in [4.69, 9.17) is 4.74 Å². The quantitative estimate of drug-likeness (QED) is 0.249. The van der Waals surface area contributed by atoms with E-state index in [0.717, 1.165) is 11.1 Å². The van der Waals surface area contributed by atoms with Crippen LogP contribution in [0.1, 0.15) is 16.7 Å². The van der Waals surface area contributed by atoms with Crippen LogP contribution in [0.5, 0.6) is 5.75 Å². The maximum Gasteiger partial charge on any atom is 0.266 e. The summed E-state index contributed by atoms with van der Waals surface area (Å²) in [6.07, 6.45) is 1.49. The van der Waals surface area contributed by atoms with E-state index in [9.17, 15) is 14.9 Å². The highest BCUT2D eigenvalue weighted by molar-refractivity contribution is 9.11. The molecule has 0 saturated carbocycles. The zero-order chi connectivity index (χ0) is 24.7. The Morgan fingerprint density at radius 3 is 2.32 bits per heavy atom. The molecule has 34 heavy (non-hydrogen) atoms. The summed E-state index contributed by atoms with van der Waals surface area (Å²) in [6.45, 7) is 3.67. The number of ether oxygens (including phenoxy) is 1. The monoisotopic (exact) mass is 581 g/mol. The number of rotatable bonds is 7. The third-order valence-corrected chi connectivity index (χ3v) is 6.13. The third-order valence-electron chi connectivity index (χ3n) is 4.95. The summed E-state index contributed by atoms with van der Waals surface area (Å²) < 4.78 is 6.79. The van der Waals surface area contributed by atoms with Gasteiger partial charge in [-0.3, -0.25) is 9.59 Å². The van der Waals surface area contributed by atoms with E-state index in [1.165, 1.54) is 6.08 Å². The molecule has 6 nitrogen and oxygen atoms in total. The summed E-state index contributed by atoms with van der Waals surface area (Å²) in [5.74, 6) is -0.371. The van der Waals surface area contributed by atoms with Crippen LogP contribution in [-0.2, 0) is 9.59 Å². The van der Waals surface area contributed by atoms with Crippen molar-refractivity contribution in [3.05, 3.63) is 91.9 Å². The van der Waals surface area contributed by atoms with Crippen LogP contribution in [0.25, 0.3) is 6.08 Å². The van der Waals surface area contributed by atoms with Gasteiger partial charge in [0.15, 0.2) is 6.61 Å². The molecule has 8 heteroatoms. The average Bonchev–Trinajstić information content (AvgIpc) is 2.80. The van der Waals surface area contributed by atoms with Crippen LogP contribution in [0.4, 0.5) is 11.4 Å². The van der Waals surface area contributed by atoms with Gasteiger partial charge in [-0.2, -0.15) is 5.26 Å². The molecular formula is C26H21Br2N3O3. The number of halogens is 2. The molecule has 3 aromatic rings. The number of para-hydroxylation sites is 1. The summed E-state index contributed by atoms with van der Waals surface area (Å²) in [7, 11) is 0. The van der Waals surface area contributed by atoms with Gasteiger partial charge in [-0.25, -0.2) is 0 Å². The fraction of sp³-hybridized carbons (Fsp3) is 0.115. The van der Waals surface area contributed by atoms with Gasteiger partial charge < -0.3 is 15.4 Å². The first-order valence-electron chi connectivity index (χ1n) is 10.2. The highest BCUT2D eigenvalue weighted by atomic mass is 79.9. The molecule has 0 unspecified atom stereocenters. The van der Waals surface area contributed by atoms with Crippen LogP contribution in [-0.4, -0.2) is 18.4 Å². The minimum atomic E-state index is -0.499. The maximum atomic E-state index is 12.7. The largest absolute Gasteiger partial charge is 0.481 e. The predicted molar refractivity (Wildman–Crippen MR) is 141 cm³/mol. The summed E-state index contributed by atoms with van der Waals surface area (Å²) in [4.78, 5) is 24.9. The van der Waals surface area contributed by atoms with Crippen LogP contribution >= 0.6 is 31.9 Å². The molecule has 0 heterocycles. The Bertz CT molecular complexity index is 1280. The molecule has 3 rings (SSSR count). The van der Waals surface area contributed by atoms with E-state index < -0.39 is 5.91 Å². The fourth-order valence-corrected chi connectivity index (χ4v) is 4.50. The second-order valence-electron chi connectivity index (χ2n) is 7.39. The minimum Gasteiger partial charge on any atom is -0.481 e. The molecule has 0 aromatic heterocycles.